The third-order valence-electron chi connectivity index (χ3n) is 3.48. The molecular weight excluding hydrogens is 308 g/mol. The first-order chi connectivity index (χ1) is 11.5. The summed E-state index contributed by atoms with van der Waals surface area (Å²) < 4.78 is 5.19. The van der Waals surface area contributed by atoms with Gasteiger partial charge in [0.05, 0.1) is 12.5 Å². The third-order valence-corrected chi connectivity index (χ3v) is 3.48. The van der Waals surface area contributed by atoms with Crippen LogP contribution in [0, 0.1) is 5.92 Å². The first-order valence-corrected chi connectivity index (χ1v) is 7.65. The van der Waals surface area contributed by atoms with E-state index in [9.17, 15) is 4.79 Å². The van der Waals surface area contributed by atoms with E-state index in [-0.39, 0.29) is 17.8 Å². The zero-order valence-electron chi connectivity index (χ0n) is 13.8. The van der Waals surface area contributed by atoms with Crippen LogP contribution in [0.5, 0.6) is 0 Å². The fourth-order valence-corrected chi connectivity index (χ4v) is 2.50. The molecule has 5 nitrogen and oxygen atoms in total. The Morgan fingerprint density at radius 1 is 0.917 bits per heavy atom. The van der Waals surface area contributed by atoms with Crippen molar-refractivity contribution in [1.82, 2.24) is 0 Å². The Hall–Kier alpha value is -2.82. The van der Waals surface area contributed by atoms with E-state index < -0.39 is 6.16 Å². The van der Waals surface area contributed by atoms with Crippen molar-refractivity contribution in [3.8, 4) is 0 Å². The molecular formula is C19H22O5. The van der Waals surface area contributed by atoms with Gasteiger partial charge in [-0.3, -0.25) is 4.79 Å². The Bertz CT molecular complexity index is 581. The standard InChI is InChI=1S/C18H20O2.CH2O3/c1-3-20-18(19)14(2)17(15-10-6-4-7-11-15)16-12-8-5-9-13-16;2-1(3)4/h4-14,17H,3H2,1-2H3;(H2,2,3,4). The van der Waals surface area contributed by atoms with E-state index in [1.165, 1.54) is 0 Å². The number of hydrogen-bond acceptors (Lipinski definition) is 3. The first-order valence-electron chi connectivity index (χ1n) is 7.65. The van der Waals surface area contributed by atoms with E-state index >= 15 is 0 Å². The van der Waals surface area contributed by atoms with Crippen LogP contribution in [0.15, 0.2) is 60.7 Å². The normalized spacial score (nSPS) is 11.1. The van der Waals surface area contributed by atoms with Gasteiger partial charge in [-0.2, -0.15) is 0 Å². The first kappa shape index (κ1) is 19.2. The average Bonchev–Trinajstić information content (AvgIpc) is 2.57. The van der Waals surface area contributed by atoms with Crippen LogP contribution in [0.2, 0.25) is 0 Å². The number of carboxylic acid groups (broad SMARTS) is 2. The molecule has 2 aromatic rings. The van der Waals surface area contributed by atoms with Crippen molar-refractivity contribution >= 4 is 12.1 Å². The molecule has 1 unspecified atom stereocenters. The summed E-state index contributed by atoms with van der Waals surface area (Å²) in [6.07, 6.45) is -1.83. The second-order valence-corrected chi connectivity index (χ2v) is 5.12. The number of benzene rings is 2. The molecule has 0 fully saturated rings. The molecule has 0 saturated heterocycles. The summed E-state index contributed by atoms with van der Waals surface area (Å²) in [5.41, 5.74) is 2.28. The maximum atomic E-state index is 12.1. The van der Waals surface area contributed by atoms with Crippen molar-refractivity contribution in [2.75, 3.05) is 6.61 Å². The third kappa shape index (κ3) is 6.12. The highest BCUT2D eigenvalue weighted by atomic mass is 16.6. The van der Waals surface area contributed by atoms with Gasteiger partial charge >= 0.3 is 12.1 Å². The van der Waals surface area contributed by atoms with E-state index in [1.54, 1.807) is 0 Å². The van der Waals surface area contributed by atoms with Gasteiger partial charge in [-0.1, -0.05) is 67.6 Å². The van der Waals surface area contributed by atoms with Crippen molar-refractivity contribution in [3.05, 3.63) is 71.8 Å². The summed E-state index contributed by atoms with van der Waals surface area (Å²) in [6.45, 7) is 4.19. The molecule has 0 saturated carbocycles. The molecule has 0 aliphatic heterocycles. The molecule has 1 atom stereocenters. The van der Waals surface area contributed by atoms with Gasteiger partial charge in [-0.25, -0.2) is 4.79 Å². The molecule has 2 N–H and O–H groups in total. The lowest BCUT2D eigenvalue weighted by Gasteiger charge is -2.23. The summed E-state index contributed by atoms with van der Waals surface area (Å²) in [4.78, 5) is 20.7. The topological polar surface area (TPSA) is 83.8 Å². The molecule has 0 heterocycles. The Labute approximate surface area is 141 Å². The Morgan fingerprint density at radius 3 is 1.62 bits per heavy atom. The van der Waals surface area contributed by atoms with Gasteiger partial charge in [0.1, 0.15) is 0 Å². The molecule has 0 aliphatic carbocycles. The van der Waals surface area contributed by atoms with E-state index in [1.807, 2.05) is 50.2 Å². The van der Waals surface area contributed by atoms with Gasteiger partial charge in [0.15, 0.2) is 0 Å². The van der Waals surface area contributed by atoms with Crippen molar-refractivity contribution in [3.63, 3.8) is 0 Å². The monoisotopic (exact) mass is 330 g/mol. The molecule has 2 rings (SSSR count). The maximum absolute atomic E-state index is 12.1. The minimum Gasteiger partial charge on any atom is -0.466 e. The van der Waals surface area contributed by atoms with Crippen LogP contribution >= 0.6 is 0 Å². The van der Waals surface area contributed by atoms with Crippen LogP contribution in [0.4, 0.5) is 4.79 Å². The fourth-order valence-electron chi connectivity index (χ4n) is 2.50. The van der Waals surface area contributed by atoms with Gasteiger partial charge in [0, 0.05) is 5.92 Å². The molecule has 0 aromatic heterocycles. The molecule has 0 bridgehead atoms. The summed E-state index contributed by atoms with van der Waals surface area (Å²) in [7, 11) is 0. The van der Waals surface area contributed by atoms with E-state index in [0.717, 1.165) is 11.1 Å². The second-order valence-electron chi connectivity index (χ2n) is 5.12. The van der Waals surface area contributed by atoms with E-state index in [2.05, 4.69) is 24.3 Å². The van der Waals surface area contributed by atoms with Crippen molar-refractivity contribution in [2.24, 2.45) is 5.92 Å². The van der Waals surface area contributed by atoms with Gasteiger partial charge in [-0.05, 0) is 18.1 Å². The molecule has 0 spiro atoms. The zero-order chi connectivity index (χ0) is 17.9. The lowest BCUT2D eigenvalue weighted by atomic mass is 9.82. The minimum absolute atomic E-state index is 0.0245. The van der Waals surface area contributed by atoms with Gasteiger partial charge in [0.2, 0.25) is 0 Å². The minimum atomic E-state index is -1.83. The smallest absolute Gasteiger partial charge is 0.466 e. The predicted molar refractivity (Wildman–Crippen MR) is 91.2 cm³/mol. The number of rotatable bonds is 5. The SMILES string of the molecule is CCOC(=O)C(C)C(c1ccccc1)c1ccccc1.O=C(O)O. The van der Waals surface area contributed by atoms with Crippen LogP contribution in [-0.4, -0.2) is 28.9 Å². The van der Waals surface area contributed by atoms with Crippen LogP contribution in [-0.2, 0) is 9.53 Å². The fraction of sp³-hybridized carbons (Fsp3) is 0.263. The predicted octanol–water partition coefficient (Wildman–Crippen LogP) is 4.24. The second kappa shape index (κ2) is 10.0. The highest BCUT2D eigenvalue weighted by molar-refractivity contribution is 5.74. The lowest BCUT2D eigenvalue weighted by Crippen LogP contribution is -2.22. The Morgan fingerprint density at radius 2 is 1.29 bits per heavy atom. The van der Waals surface area contributed by atoms with Gasteiger partial charge < -0.3 is 14.9 Å². The molecule has 5 heteroatoms. The Kier molecular flexibility index (Phi) is 8.05. The molecule has 24 heavy (non-hydrogen) atoms. The summed E-state index contributed by atoms with van der Waals surface area (Å²) in [5, 5.41) is 13.9. The largest absolute Gasteiger partial charge is 0.503 e. The molecule has 128 valence electrons. The van der Waals surface area contributed by atoms with Crippen LogP contribution in [0.1, 0.15) is 30.9 Å². The number of hydrogen-bond donors (Lipinski definition) is 2. The van der Waals surface area contributed by atoms with Crippen molar-refractivity contribution < 1.29 is 24.5 Å². The van der Waals surface area contributed by atoms with Gasteiger partial charge in [-0.15, -0.1) is 0 Å². The van der Waals surface area contributed by atoms with Crippen LogP contribution in [0.3, 0.4) is 0 Å². The number of ether oxygens (including phenoxy) is 1. The highest BCUT2D eigenvalue weighted by Crippen LogP contribution is 2.32. The number of esters is 1. The molecule has 0 amide bonds. The molecule has 2 aromatic carbocycles. The summed E-state index contributed by atoms with van der Waals surface area (Å²) in [5.74, 6) is -0.332. The van der Waals surface area contributed by atoms with E-state index in [0.29, 0.717) is 6.61 Å². The highest BCUT2D eigenvalue weighted by Gasteiger charge is 2.27. The maximum Gasteiger partial charge on any atom is 0.503 e. The molecule has 0 aliphatic rings. The van der Waals surface area contributed by atoms with Crippen LogP contribution < -0.4 is 0 Å². The number of carbonyl (C=O) groups excluding carboxylic acids is 1. The van der Waals surface area contributed by atoms with Crippen molar-refractivity contribution in [2.45, 2.75) is 19.8 Å². The van der Waals surface area contributed by atoms with Crippen LogP contribution in [0.25, 0.3) is 0 Å². The Balaban J connectivity index is 0.000000648. The molecule has 0 radical (unpaired) electrons. The quantitative estimate of drug-likeness (QED) is 0.801. The van der Waals surface area contributed by atoms with Crippen molar-refractivity contribution in [1.29, 1.82) is 0 Å². The average molecular weight is 330 g/mol. The number of carbonyl (C=O) groups is 2. The summed E-state index contributed by atoms with van der Waals surface area (Å²) in [6, 6.07) is 20.2. The summed E-state index contributed by atoms with van der Waals surface area (Å²) >= 11 is 0. The lowest BCUT2D eigenvalue weighted by molar-refractivity contribution is -0.147. The van der Waals surface area contributed by atoms with Gasteiger partial charge in [0.25, 0.3) is 0 Å². The zero-order valence-corrected chi connectivity index (χ0v) is 13.8. The van der Waals surface area contributed by atoms with E-state index in [4.69, 9.17) is 19.7 Å².